The maximum atomic E-state index is 10.8. The third-order valence-corrected chi connectivity index (χ3v) is 4.26. The number of rotatable bonds is 4. The summed E-state index contributed by atoms with van der Waals surface area (Å²) in [4.78, 5) is 0. The molecule has 4 heteroatoms. The Kier molecular flexibility index (Phi) is 5.46. The molecule has 1 fully saturated rings. The number of hydrogen-bond donors (Lipinski definition) is 2. The molecule has 22 heavy (non-hydrogen) atoms. The molecule has 3 nitrogen and oxygen atoms in total. The van der Waals surface area contributed by atoms with E-state index in [0.717, 1.165) is 29.8 Å². The quantitative estimate of drug-likeness (QED) is 0.909. The zero-order valence-corrected chi connectivity index (χ0v) is 13.5. The van der Waals surface area contributed by atoms with Gasteiger partial charge < -0.3 is 15.2 Å². The molecule has 0 radical (unpaired) electrons. The molecule has 118 valence electrons. The predicted molar refractivity (Wildman–Crippen MR) is 90.4 cm³/mol. The molecular weight excluding hydrogens is 298 g/mol. The minimum atomic E-state index is -0.799. The zero-order valence-electron chi connectivity index (χ0n) is 12.7. The average Bonchev–Trinajstić information content (AvgIpc) is 2.87. The fraction of sp³-hybridized carbons (Fsp3) is 0.333. The van der Waals surface area contributed by atoms with Crippen LogP contribution in [0, 0.1) is 0 Å². The molecule has 0 spiro atoms. The van der Waals surface area contributed by atoms with E-state index in [1.165, 1.54) is 0 Å². The molecule has 0 aromatic heterocycles. The molecule has 1 aliphatic rings. The molecule has 0 saturated carbocycles. The van der Waals surface area contributed by atoms with Crippen LogP contribution in [0.15, 0.2) is 54.6 Å². The van der Waals surface area contributed by atoms with Crippen LogP contribution in [-0.4, -0.2) is 17.7 Å². The topological polar surface area (TPSA) is 41.5 Å². The van der Waals surface area contributed by atoms with E-state index >= 15 is 0 Å². The normalized spacial score (nSPS) is 23.8. The van der Waals surface area contributed by atoms with E-state index in [-0.39, 0.29) is 18.4 Å². The van der Waals surface area contributed by atoms with Crippen molar-refractivity contribution < 1.29 is 9.84 Å². The summed E-state index contributed by atoms with van der Waals surface area (Å²) in [6, 6.07) is 17.9. The second-order valence-electron chi connectivity index (χ2n) is 5.65. The SMILES string of the molecule is CC1NCCC1(O)c1cccc(OCc2ccccc2)c1.Cl. The molecule has 3 rings (SSSR count). The summed E-state index contributed by atoms with van der Waals surface area (Å²) >= 11 is 0. The minimum absolute atomic E-state index is 0. The van der Waals surface area contributed by atoms with Gasteiger partial charge in [0.2, 0.25) is 0 Å². The lowest BCUT2D eigenvalue weighted by atomic mass is 9.87. The number of hydrogen-bond acceptors (Lipinski definition) is 3. The van der Waals surface area contributed by atoms with Gasteiger partial charge in [0.1, 0.15) is 18.0 Å². The predicted octanol–water partition coefficient (Wildman–Crippen LogP) is 3.26. The van der Waals surface area contributed by atoms with Crippen LogP contribution in [0.4, 0.5) is 0 Å². The number of ether oxygens (including phenoxy) is 1. The minimum Gasteiger partial charge on any atom is -0.489 e. The lowest BCUT2D eigenvalue weighted by Gasteiger charge is -2.28. The van der Waals surface area contributed by atoms with Crippen molar-refractivity contribution in [1.29, 1.82) is 0 Å². The molecule has 2 atom stereocenters. The van der Waals surface area contributed by atoms with Crippen molar-refractivity contribution in [3.05, 3.63) is 65.7 Å². The average molecular weight is 320 g/mol. The van der Waals surface area contributed by atoms with Crippen molar-refractivity contribution in [2.24, 2.45) is 0 Å². The Bertz CT molecular complexity index is 605. The van der Waals surface area contributed by atoms with Crippen LogP contribution in [0.25, 0.3) is 0 Å². The first kappa shape index (κ1) is 16.8. The van der Waals surface area contributed by atoms with E-state index in [0.29, 0.717) is 6.61 Å². The molecule has 2 unspecified atom stereocenters. The summed E-state index contributed by atoms with van der Waals surface area (Å²) in [6.07, 6.45) is 0.732. The third kappa shape index (κ3) is 3.43. The number of benzene rings is 2. The summed E-state index contributed by atoms with van der Waals surface area (Å²) in [7, 11) is 0. The van der Waals surface area contributed by atoms with E-state index in [9.17, 15) is 5.11 Å². The van der Waals surface area contributed by atoms with Gasteiger partial charge in [0.05, 0.1) is 0 Å². The Morgan fingerprint density at radius 3 is 2.64 bits per heavy atom. The molecular formula is C18H22ClNO2. The first-order chi connectivity index (χ1) is 10.2. The molecule has 1 aliphatic heterocycles. The highest BCUT2D eigenvalue weighted by atomic mass is 35.5. The Balaban J connectivity index is 0.00000176. The van der Waals surface area contributed by atoms with Crippen molar-refractivity contribution in [3.8, 4) is 5.75 Å². The molecule has 2 aromatic rings. The smallest absolute Gasteiger partial charge is 0.120 e. The van der Waals surface area contributed by atoms with E-state index in [1.807, 2.05) is 61.5 Å². The van der Waals surface area contributed by atoms with Gasteiger partial charge in [-0.3, -0.25) is 0 Å². The van der Waals surface area contributed by atoms with Crippen LogP contribution < -0.4 is 10.1 Å². The van der Waals surface area contributed by atoms with Crippen LogP contribution in [0.1, 0.15) is 24.5 Å². The Labute approximate surface area is 137 Å². The van der Waals surface area contributed by atoms with Crippen molar-refractivity contribution in [1.82, 2.24) is 5.32 Å². The van der Waals surface area contributed by atoms with Crippen molar-refractivity contribution in [2.75, 3.05) is 6.54 Å². The largest absolute Gasteiger partial charge is 0.489 e. The van der Waals surface area contributed by atoms with Crippen molar-refractivity contribution in [3.63, 3.8) is 0 Å². The van der Waals surface area contributed by atoms with Gasteiger partial charge >= 0.3 is 0 Å². The first-order valence-electron chi connectivity index (χ1n) is 7.41. The van der Waals surface area contributed by atoms with Crippen LogP contribution in [-0.2, 0) is 12.2 Å². The summed E-state index contributed by atoms with van der Waals surface area (Å²) < 4.78 is 5.84. The fourth-order valence-corrected chi connectivity index (χ4v) is 2.86. The van der Waals surface area contributed by atoms with Gasteiger partial charge in [-0.05, 0) is 43.1 Å². The van der Waals surface area contributed by atoms with Gasteiger partial charge in [-0.1, -0.05) is 42.5 Å². The van der Waals surface area contributed by atoms with Crippen molar-refractivity contribution >= 4 is 12.4 Å². The molecule has 2 aromatic carbocycles. The highest BCUT2D eigenvalue weighted by molar-refractivity contribution is 5.85. The molecule has 1 saturated heterocycles. The van der Waals surface area contributed by atoms with Crippen LogP contribution >= 0.6 is 12.4 Å². The monoisotopic (exact) mass is 319 g/mol. The number of halogens is 1. The van der Waals surface area contributed by atoms with Gasteiger partial charge in [-0.25, -0.2) is 0 Å². The molecule has 0 aliphatic carbocycles. The van der Waals surface area contributed by atoms with Gasteiger partial charge in [0, 0.05) is 6.04 Å². The number of nitrogens with one attached hydrogen (secondary N) is 1. The van der Waals surface area contributed by atoms with Gasteiger partial charge in [0.25, 0.3) is 0 Å². The summed E-state index contributed by atoms with van der Waals surface area (Å²) in [5.41, 5.74) is 1.26. The Hall–Kier alpha value is -1.55. The van der Waals surface area contributed by atoms with E-state index in [4.69, 9.17) is 4.74 Å². The molecule has 0 amide bonds. The van der Waals surface area contributed by atoms with E-state index in [2.05, 4.69) is 5.32 Å². The van der Waals surface area contributed by atoms with Crippen LogP contribution in [0.5, 0.6) is 5.75 Å². The van der Waals surface area contributed by atoms with Crippen molar-refractivity contribution in [2.45, 2.75) is 31.6 Å². The second kappa shape index (κ2) is 7.14. The third-order valence-electron chi connectivity index (χ3n) is 4.26. The molecule has 0 bridgehead atoms. The maximum absolute atomic E-state index is 10.8. The van der Waals surface area contributed by atoms with Gasteiger partial charge in [0.15, 0.2) is 0 Å². The maximum Gasteiger partial charge on any atom is 0.120 e. The lowest BCUT2D eigenvalue weighted by Crippen LogP contribution is -2.37. The fourth-order valence-electron chi connectivity index (χ4n) is 2.86. The van der Waals surface area contributed by atoms with Gasteiger partial charge in [-0.15, -0.1) is 12.4 Å². The highest BCUT2D eigenvalue weighted by Gasteiger charge is 2.39. The molecule has 2 N–H and O–H groups in total. The number of aliphatic hydroxyl groups is 1. The van der Waals surface area contributed by atoms with Crippen LogP contribution in [0.2, 0.25) is 0 Å². The second-order valence-corrected chi connectivity index (χ2v) is 5.65. The molecule has 1 heterocycles. The summed E-state index contributed by atoms with van der Waals surface area (Å²) in [5, 5.41) is 14.1. The standard InChI is InChI=1S/C18H21NO2.ClH/c1-14-18(20,10-11-19-14)16-8-5-9-17(12-16)21-13-15-6-3-2-4-7-15;/h2-9,12,14,19-20H,10-11,13H2,1H3;1H. The zero-order chi connectivity index (χ0) is 14.7. The lowest BCUT2D eigenvalue weighted by molar-refractivity contribution is 0.0290. The van der Waals surface area contributed by atoms with Crippen LogP contribution in [0.3, 0.4) is 0 Å². The first-order valence-corrected chi connectivity index (χ1v) is 7.41. The van der Waals surface area contributed by atoms with E-state index in [1.54, 1.807) is 0 Å². The highest BCUT2D eigenvalue weighted by Crippen LogP contribution is 2.34. The van der Waals surface area contributed by atoms with E-state index < -0.39 is 5.60 Å². The summed E-state index contributed by atoms with van der Waals surface area (Å²) in [6.45, 7) is 3.40. The Morgan fingerprint density at radius 1 is 1.18 bits per heavy atom. The van der Waals surface area contributed by atoms with Gasteiger partial charge in [-0.2, -0.15) is 0 Å². The summed E-state index contributed by atoms with van der Waals surface area (Å²) in [5.74, 6) is 0.795. The Morgan fingerprint density at radius 2 is 1.95 bits per heavy atom.